The number of nitrogens with zero attached hydrogens (tertiary/aromatic N) is 1. The molecule has 4 rings (SSSR count). The lowest BCUT2D eigenvalue weighted by atomic mass is 9.94. The number of Topliss-reactive ketones (excluding diaryl/α,β-unsaturated/α-hetero) is 1. The number of hydrogen-bond donors (Lipinski definition) is 0. The summed E-state index contributed by atoms with van der Waals surface area (Å²) in [5, 5.41) is 8.99. The van der Waals surface area contributed by atoms with Gasteiger partial charge >= 0.3 is 5.97 Å². The Morgan fingerprint density at radius 3 is 2.47 bits per heavy atom. The van der Waals surface area contributed by atoms with Crippen LogP contribution >= 0.6 is 0 Å². The molecular formula is C26H21NO5. The Balaban J connectivity index is 1.52. The Morgan fingerprint density at radius 2 is 1.81 bits per heavy atom. The van der Waals surface area contributed by atoms with Crippen molar-refractivity contribution in [3.05, 3.63) is 94.0 Å². The first-order chi connectivity index (χ1) is 15.5. The number of carbonyl (C=O) groups excluding carboxylic acids is 2. The van der Waals surface area contributed by atoms with Crippen molar-refractivity contribution < 1.29 is 23.8 Å². The van der Waals surface area contributed by atoms with Gasteiger partial charge in [-0.2, -0.15) is 5.26 Å². The average Bonchev–Trinajstić information content (AvgIpc) is 2.83. The molecule has 160 valence electrons. The van der Waals surface area contributed by atoms with Crippen molar-refractivity contribution in [1.82, 2.24) is 0 Å². The molecular weight excluding hydrogens is 406 g/mol. The van der Waals surface area contributed by atoms with E-state index < -0.39 is 6.10 Å². The molecule has 0 spiro atoms. The van der Waals surface area contributed by atoms with E-state index in [9.17, 15) is 9.59 Å². The first-order valence-corrected chi connectivity index (χ1v) is 10.1. The van der Waals surface area contributed by atoms with Gasteiger partial charge in [-0.1, -0.05) is 24.3 Å². The van der Waals surface area contributed by atoms with Gasteiger partial charge in [0.25, 0.3) is 0 Å². The highest BCUT2D eigenvalue weighted by molar-refractivity contribution is 6.00. The first-order valence-electron chi connectivity index (χ1n) is 10.1. The van der Waals surface area contributed by atoms with Crippen LogP contribution in [-0.2, 0) is 11.3 Å². The molecule has 0 aromatic heterocycles. The Kier molecular flexibility index (Phi) is 5.91. The van der Waals surface area contributed by atoms with Gasteiger partial charge < -0.3 is 14.2 Å². The number of esters is 1. The Labute approximate surface area is 186 Å². The minimum absolute atomic E-state index is 0.00802. The highest BCUT2D eigenvalue weighted by Crippen LogP contribution is 2.40. The molecule has 0 saturated carbocycles. The molecule has 6 heteroatoms. The van der Waals surface area contributed by atoms with Gasteiger partial charge in [-0.15, -0.1) is 0 Å². The van der Waals surface area contributed by atoms with Crippen LogP contribution in [0.25, 0.3) is 0 Å². The molecule has 32 heavy (non-hydrogen) atoms. The summed E-state index contributed by atoms with van der Waals surface area (Å²) < 4.78 is 16.9. The van der Waals surface area contributed by atoms with Gasteiger partial charge in [-0.3, -0.25) is 4.79 Å². The molecule has 1 unspecified atom stereocenters. The molecule has 0 fully saturated rings. The van der Waals surface area contributed by atoms with E-state index in [4.69, 9.17) is 19.5 Å². The standard InChI is InChI=1S/C26H21NO5/c1-16-23(31-15-18-5-9-20(10-6-18)26(29)30-2)12-11-21-22(28)13-24(32-25(16)21)19-7-3-17(14-27)4-8-19/h3-12,24H,13,15H2,1-2H3. The fourth-order valence-corrected chi connectivity index (χ4v) is 3.64. The first kappa shape index (κ1) is 21.1. The molecule has 0 radical (unpaired) electrons. The zero-order valence-corrected chi connectivity index (χ0v) is 17.8. The van der Waals surface area contributed by atoms with E-state index >= 15 is 0 Å². The minimum Gasteiger partial charge on any atom is -0.488 e. The molecule has 3 aromatic carbocycles. The van der Waals surface area contributed by atoms with Crippen LogP contribution < -0.4 is 9.47 Å². The normalized spacial score (nSPS) is 14.7. The van der Waals surface area contributed by atoms with Crippen molar-refractivity contribution in [2.45, 2.75) is 26.1 Å². The van der Waals surface area contributed by atoms with Crippen molar-refractivity contribution in [3.63, 3.8) is 0 Å². The Hall–Kier alpha value is -4.11. The number of fused-ring (bicyclic) bond motifs is 1. The van der Waals surface area contributed by atoms with E-state index in [1.165, 1.54) is 7.11 Å². The van der Waals surface area contributed by atoms with Gasteiger partial charge in [0.05, 0.1) is 36.3 Å². The number of ether oxygens (including phenoxy) is 3. The van der Waals surface area contributed by atoms with Crippen LogP contribution in [0.4, 0.5) is 0 Å². The van der Waals surface area contributed by atoms with Crippen LogP contribution in [0.2, 0.25) is 0 Å². The molecule has 6 nitrogen and oxygen atoms in total. The highest BCUT2D eigenvalue weighted by atomic mass is 16.5. The predicted molar refractivity (Wildman–Crippen MR) is 117 cm³/mol. The molecule has 3 aromatic rings. The number of methoxy groups -OCH3 is 1. The largest absolute Gasteiger partial charge is 0.488 e. The summed E-state index contributed by atoms with van der Waals surface area (Å²) in [7, 11) is 1.34. The summed E-state index contributed by atoms with van der Waals surface area (Å²) in [6, 6.07) is 19.7. The van der Waals surface area contributed by atoms with Crippen molar-refractivity contribution in [2.24, 2.45) is 0 Å². The third-order valence-corrected chi connectivity index (χ3v) is 5.47. The SMILES string of the molecule is COC(=O)c1ccc(COc2ccc3c(c2C)OC(c2ccc(C#N)cc2)CC3=O)cc1. The Morgan fingerprint density at radius 1 is 1.09 bits per heavy atom. The van der Waals surface area contributed by atoms with Crippen molar-refractivity contribution >= 4 is 11.8 Å². The average molecular weight is 427 g/mol. The summed E-state index contributed by atoms with van der Waals surface area (Å²) >= 11 is 0. The van der Waals surface area contributed by atoms with E-state index in [-0.39, 0.29) is 18.2 Å². The maximum Gasteiger partial charge on any atom is 0.337 e. The van der Waals surface area contributed by atoms with Gasteiger partial charge in [-0.25, -0.2) is 4.79 Å². The highest BCUT2D eigenvalue weighted by Gasteiger charge is 2.30. The van der Waals surface area contributed by atoms with Gasteiger partial charge in [-0.05, 0) is 54.4 Å². The van der Waals surface area contributed by atoms with Gasteiger partial charge in [0.2, 0.25) is 0 Å². The third kappa shape index (κ3) is 4.19. The van der Waals surface area contributed by atoms with Crippen molar-refractivity contribution in [3.8, 4) is 17.6 Å². The number of rotatable bonds is 5. The number of hydrogen-bond acceptors (Lipinski definition) is 6. The lowest BCUT2D eigenvalue weighted by Crippen LogP contribution is -2.21. The van der Waals surface area contributed by atoms with Crippen LogP contribution in [0.5, 0.6) is 11.5 Å². The van der Waals surface area contributed by atoms with Crippen LogP contribution in [0, 0.1) is 18.3 Å². The number of benzene rings is 3. The molecule has 1 atom stereocenters. The van der Waals surface area contributed by atoms with E-state index in [0.717, 1.165) is 16.7 Å². The quantitative estimate of drug-likeness (QED) is 0.536. The predicted octanol–water partition coefficient (Wildman–Crippen LogP) is 4.94. The summed E-state index contributed by atoms with van der Waals surface area (Å²) in [5.41, 5.74) is 4.06. The fraction of sp³-hybridized carbons (Fsp3) is 0.192. The van der Waals surface area contributed by atoms with E-state index in [0.29, 0.717) is 34.8 Å². The number of carbonyl (C=O) groups is 2. The topological polar surface area (TPSA) is 85.6 Å². The lowest BCUT2D eigenvalue weighted by molar-refractivity contribution is 0.0600. The third-order valence-electron chi connectivity index (χ3n) is 5.47. The van der Waals surface area contributed by atoms with Crippen LogP contribution in [-0.4, -0.2) is 18.9 Å². The zero-order chi connectivity index (χ0) is 22.7. The molecule has 0 aliphatic carbocycles. The fourth-order valence-electron chi connectivity index (χ4n) is 3.64. The van der Waals surface area contributed by atoms with E-state index in [1.807, 2.05) is 19.1 Å². The summed E-state index contributed by atoms with van der Waals surface area (Å²) in [6.45, 7) is 2.16. The van der Waals surface area contributed by atoms with Gasteiger partial charge in [0.15, 0.2) is 5.78 Å². The monoisotopic (exact) mass is 427 g/mol. The zero-order valence-electron chi connectivity index (χ0n) is 17.8. The summed E-state index contributed by atoms with van der Waals surface area (Å²) in [6.07, 6.45) is -0.173. The maximum atomic E-state index is 12.7. The second kappa shape index (κ2) is 8.94. The minimum atomic E-state index is -0.414. The van der Waals surface area contributed by atoms with Crippen LogP contribution in [0.1, 0.15) is 55.5 Å². The lowest BCUT2D eigenvalue weighted by Gasteiger charge is -2.27. The summed E-state index contributed by atoms with van der Waals surface area (Å²) in [4.78, 5) is 24.3. The van der Waals surface area contributed by atoms with Crippen LogP contribution in [0.15, 0.2) is 60.7 Å². The van der Waals surface area contributed by atoms with Gasteiger partial charge in [0.1, 0.15) is 24.2 Å². The van der Waals surface area contributed by atoms with Crippen LogP contribution in [0.3, 0.4) is 0 Å². The van der Waals surface area contributed by atoms with E-state index in [1.54, 1.807) is 48.5 Å². The number of nitriles is 1. The van der Waals surface area contributed by atoms with Crippen molar-refractivity contribution in [1.29, 1.82) is 5.26 Å². The van der Waals surface area contributed by atoms with Crippen molar-refractivity contribution in [2.75, 3.05) is 7.11 Å². The van der Waals surface area contributed by atoms with Gasteiger partial charge in [0, 0.05) is 5.56 Å². The molecule has 0 N–H and O–H groups in total. The maximum absolute atomic E-state index is 12.7. The molecule has 0 bridgehead atoms. The summed E-state index contributed by atoms with van der Waals surface area (Å²) in [5.74, 6) is 0.763. The number of ketones is 1. The molecule has 0 saturated heterocycles. The Bertz CT molecular complexity index is 1210. The molecule has 1 aliphatic rings. The second-order valence-electron chi connectivity index (χ2n) is 7.51. The van der Waals surface area contributed by atoms with E-state index in [2.05, 4.69) is 6.07 Å². The molecule has 0 amide bonds. The second-order valence-corrected chi connectivity index (χ2v) is 7.51. The molecule has 1 heterocycles. The molecule has 1 aliphatic heterocycles. The smallest absolute Gasteiger partial charge is 0.337 e.